The molecule has 0 saturated carbocycles. The van der Waals surface area contributed by atoms with Crippen LogP contribution in [0.25, 0.3) is 10.9 Å². The van der Waals surface area contributed by atoms with Crippen molar-refractivity contribution >= 4 is 16.9 Å². The van der Waals surface area contributed by atoms with E-state index in [2.05, 4.69) is 0 Å². The molecule has 0 saturated heterocycles. The normalized spacial score (nSPS) is 11.9. The summed E-state index contributed by atoms with van der Waals surface area (Å²) in [4.78, 5) is 23.8. The van der Waals surface area contributed by atoms with Gasteiger partial charge in [-0.2, -0.15) is 13.2 Å². The Balaban J connectivity index is 2.99. The number of hydrogen-bond donors (Lipinski definition) is 1. The van der Waals surface area contributed by atoms with Gasteiger partial charge in [-0.25, -0.2) is 4.79 Å². The maximum Gasteiger partial charge on any atom is 0.416 e. The van der Waals surface area contributed by atoms with Gasteiger partial charge in [0.05, 0.1) is 11.1 Å². The van der Waals surface area contributed by atoms with E-state index >= 15 is 0 Å². The van der Waals surface area contributed by atoms with Crippen molar-refractivity contribution in [2.75, 3.05) is 0 Å². The van der Waals surface area contributed by atoms with Gasteiger partial charge in [-0.1, -0.05) is 6.92 Å². The average Bonchev–Trinajstić information content (AvgIpc) is 2.45. The SMILES string of the molecule is CCc1c(C(=O)O)n(CC)c2ccc(C(F)(F)F)cc2c1=O. The van der Waals surface area contributed by atoms with Gasteiger partial charge in [-0.05, 0) is 31.5 Å². The van der Waals surface area contributed by atoms with Crippen LogP contribution in [0.15, 0.2) is 23.0 Å². The molecule has 0 atom stereocenters. The molecule has 118 valence electrons. The zero-order valence-corrected chi connectivity index (χ0v) is 12.0. The molecule has 0 fully saturated rings. The molecule has 4 nitrogen and oxygen atoms in total. The first-order chi connectivity index (χ1) is 10.2. The Morgan fingerprint density at radius 3 is 2.36 bits per heavy atom. The predicted octanol–water partition coefficient (Wildman–Crippen LogP) is 3.30. The Bertz CT molecular complexity index is 806. The van der Waals surface area contributed by atoms with E-state index in [9.17, 15) is 27.9 Å². The summed E-state index contributed by atoms with van der Waals surface area (Å²) >= 11 is 0. The number of benzene rings is 1. The minimum absolute atomic E-state index is 0.0150. The third kappa shape index (κ3) is 2.47. The maximum absolute atomic E-state index is 12.8. The van der Waals surface area contributed by atoms with E-state index < -0.39 is 23.1 Å². The summed E-state index contributed by atoms with van der Waals surface area (Å²) < 4.78 is 39.8. The van der Waals surface area contributed by atoms with Gasteiger partial charge >= 0.3 is 12.1 Å². The van der Waals surface area contributed by atoms with Crippen molar-refractivity contribution in [1.82, 2.24) is 4.57 Å². The number of pyridine rings is 1. The number of alkyl halides is 3. The fourth-order valence-corrected chi connectivity index (χ4v) is 2.58. The number of halogens is 3. The van der Waals surface area contributed by atoms with Crippen molar-refractivity contribution < 1.29 is 23.1 Å². The third-order valence-corrected chi connectivity index (χ3v) is 3.56. The molecule has 0 unspecified atom stereocenters. The number of hydrogen-bond acceptors (Lipinski definition) is 2. The van der Waals surface area contributed by atoms with Gasteiger partial charge in [0.1, 0.15) is 5.69 Å². The molecule has 7 heteroatoms. The number of nitrogens with zero attached hydrogens (tertiary/aromatic N) is 1. The van der Waals surface area contributed by atoms with E-state index in [-0.39, 0.29) is 35.1 Å². The molecule has 1 N–H and O–H groups in total. The Morgan fingerprint density at radius 2 is 1.91 bits per heavy atom. The molecule has 1 heterocycles. The van der Waals surface area contributed by atoms with Gasteiger partial charge in [0, 0.05) is 17.5 Å². The smallest absolute Gasteiger partial charge is 0.416 e. The molecule has 0 amide bonds. The van der Waals surface area contributed by atoms with E-state index in [0.29, 0.717) is 0 Å². The largest absolute Gasteiger partial charge is 0.477 e. The molecule has 0 aliphatic heterocycles. The molecular weight excluding hydrogens is 299 g/mol. The highest BCUT2D eigenvalue weighted by Crippen LogP contribution is 2.31. The minimum atomic E-state index is -4.56. The lowest BCUT2D eigenvalue weighted by molar-refractivity contribution is -0.137. The van der Waals surface area contributed by atoms with Crippen LogP contribution in [-0.4, -0.2) is 15.6 Å². The molecule has 1 aromatic heterocycles. The fourth-order valence-electron chi connectivity index (χ4n) is 2.58. The molecule has 0 radical (unpaired) electrons. The lowest BCUT2D eigenvalue weighted by Gasteiger charge is -2.17. The van der Waals surface area contributed by atoms with E-state index in [1.54, 1.807) is 13.8 Å². The number of carboxylic acids is 1. The summed E-state index contributed by atoms with van der Waals surface area (Å²) in [6.45, 7) is 3.51. The summed E-state index contributed by atoms with van der Waals surface area (Å²) in [6, 6.07) is 2.79. The van der Waals surface area contributed by atoms with E-state index in [0.717, 1.165) is 18.2 Å². The van der Waals surface area contributed by atoms with Crippen molar-refractivity contribution in [3.05, 3.63) is 45.2 Å². The van der Waals surface area contributed by atoms with Crippen molar-refractivity contribution in [2.45, 2.75) is 33.0 Å². The predicted molar refractivity (Wildman–Crippen MR) is 75.2 cm³/mol. The monoisotopic (exact) mass is 313 g/mol. The van der Waals surface area contributed by atoms with Crippen LogP contribution in [0, 0.1) is 0 Å². The average molecular weight is 313 g/mol. The van der Waals surface area contributed by atoms with E-state index in [1.165, 1.54) is 4.57 Å². The first kappa shape index (κ1) is 16.1. The zero-order chi connectivity index (χ0) is 16.7. The fraction of sp³-hybridized carbons (Fsp3) is 0.333. The van der Waals surface area contributed by atoms with Gasteiger partial charge < -0.3 is 9.67 Å². The Labute approximate surface area is 123 Å². The van der Waals surface area contributed by atoms with Gasteiger partial charge in [-0.3, -0.25) is 4.79 Å². The van der Waals surface area contributed by atoms with Crippen LogP contribution in [0.4, 0.5) is 13.2 Å². The summed E-state index contributed by atoms with van der Waals surface area (Å²) in [5.74, 6) is -1.27. The number of carboxylic acid groups (broad SMARTS) is 1. The van der Waals surface area contributed by atoms with Crippen molar-refractivity contribution in [3.8, 4) is 0 Å². The van der Waals surface area contributed by atoms with Crippen LogP contribution in [0.1, 0.15) is 35.5 Å². The number of aryl methyl sites for hydroxylation is 1. The quantitative estimate of drug-likeness (QED) is 0.946. The highest BCUT2D eigenvalue weighted by atomic mass is 19.4. The molecule has 1 aromatic carbocycles. The second-order valence-electron chi connectivity index (χ2n) is 4.79. The van der Waals surface area contributed by atoms with E-state index in [4.69, 9.17) is 0 Å². The summed E-state index contributed by atoms with van der Waals surface area (Å²) in [7, 11) is 0. The van der Waals surface area contributed by atoms with Gasteiger partial charge in [0.15, 0.2) is 5.43 Å². The number of aromatic nitrogens is 1. The van der Waals surface area contributed by atoms with Gasteiger partial charge in [0.25, 0.3) is 0 Å². The first-order valence-electron chi connectivity index (χ1n) is 6.72. The van der Waals surface area contributed by atoms with Crippen molar-refractivity contribution in [2.24, 2.45) is 0 Å². The van der Waals surface area contributed by atoms with Crippen LogP contribution < -0.4 is 5.43 Å². The molecule has 0 aliphatic carbocycles. The molecule has 0 bridgehead atoms. The number of rotatable bonds is 3. The second-order valence-corrected chi connectivity index (χ2v) is 4.79. The van der Waals surface area contributed by atoms with Crippen LogP contribution in [0.5, 0.6) is 0 Å². The highest BCUT2D eigenvalue weighted by Gasteiger charge is 2.31. The molecule has 2 aromatic rings. The maximum atomic E-state index is 12.8. The molecule has 0 spiro atoms. The Kier molecular flexibility index (Phi) is 4.00. The van der Waals surface area contributed by atoms with E-state index in [1.807, 2.05) is 0 Å². The second kappa shape index (κ2) is 5.47. The third-order valence-electron chi connectivity index (χ3n) is 3.56. The minimum Gasteiger partial charge on any atom is -0.477 e. The van der Waals surface area contributed by atoms with Gasteiger partial charge in [-0.15, -0.1) is 0 Å². The molecular formula is C15H14F3NO3. The lowest BCUT2D eigenvalue weighted by atomic mass is 10.0. The lowest BCUT2D eigenvalue weighted by Crippen LogP contribution is -2.24. The number of carbonyl (C=O) groups is 1. The Hall–Kier alpha value is -2.31. The highest BCUT2D eigenvalue weighted by molar-refractivity contribution is 5.92. The van der Waals surface area contributed by atoms with Crippen LogP contribution in [-0.2, 0) is 19.1 Å². The summed E-state index contributed by atoms with van der Waals surface area (Å²) in [6.07, 6.45) is -4.43. The topological polar surface area (TPSA) is 59.3 Å². The standard InChI is InChI=1S/C15H14F3NO3/c1-3-9-12(14(21)22)19(4-2)11-6-5-8(15(16,17)18)7-10(11)13(9)20/h5-7H,3-4H2,1-2H3,(H,21,22). The summed E-state index contributed by atoms with van der Waals surface area (Å²) in [5.41, 5.74) is -1.55. The summed E-state index contributed by atoms with van der Waals surface area (Å²) in [5, 5.41) is 9.22. The van der Waals surface area contributed by atoms with Crippen molar-refractivity contribution in [3.63, 3.8) is 0 Å². The zero-order valence-electron chi connectivity index (χ0n) is 12.0. The number of aromatic carboxylic acids is 1. The Morgan fingerprint density at radius 1 is 1.27 bits per heavy atom. The first-order valence-corrected chi connectivity index (χ1v) is 6.72. The van der Waals surface area contributed by atoms with Crippen LogP contribution >= 0.6 is 0 Å². The molecule has 2 rings (SSSR count). The van der Waals surface area contributed by atoms with Crippen LogP contribution in [0.2, 0.25) is 0 Å². The molecule has 0 aliphatic rings. The van der Waals surface area contributed by atoms with Gasteiger partial charge in [0.2, 0.25) is 0 Å². The van der Waals surface area contributed by atoms with Crippen LogP contribution in [0.3, 0.4) is 0 Å². The molecule has 22 heavy (non-hydrogen) atoms. The van der Waals surface area contributed by atoms with Crippen molar-refractivity contribution in [1.29, 1.82) is 0 Å². The number of fused-ring (bicyclic) bond motifs is 1.